The molecule has 1 radical (unpaired) electrons. The number of aliphatic hydroxyl groups is 1. The molecule has 0 heterocycles. The summed E-state index contributed by atoms with van der Waals surface area (Å²) < 4.78 is 0. The van der Waals surface area contributed by atoms with Gasteiger partial charge in [0.2, 0.25) is 0 Å². The highest BCUT2D eigenvalue weighted by Gasteiger charge is 1.65. The van der Waals surface area contributed by atoms with Crippen LogP contribution in [0.1, 0.15) is 6.42 Å². The van der Waals surface area contributed by atoms with Gasteiger partial charge in [0.25, 0.3) is 0 Å². The van der Waals surface area contributed by atoms with E-state index in [1.165, 1.54) is 0 Å². The minimum atomic E-state index is 0.157. The lowest BCUT2D eigenvalue weighted by atomic mass is 10.4. The molecule has 0 spiro atoms. The summed E-state index contributed by atoms with van der Waals surface area (Å²) in [5, 5.41) is 8.07. The molecule has 1 heteroatoms. The summed E-state index contributed by atoms with van der Waals surface area (Å²) in [6, 6.07) is 0. The van der Waals surface area contributed by atoms with Crippen LogP contribution in [-0.4, -0.2) is 11.7 Å². The van der Waals surface area contributed by atoms with Crippen LogP contribution in [0.15, 0.2) is 11.8 Å². The molecule has 0 aromatic carbocycles. The van der Waals surface area contributed by atoms with E-state index in [-0.39, 0.29) is 6.61 Å². The Kier molecular flexibility index (Phi) is 4.09. The lowest BCUT2D eigenvalue weighted by Crippen LogP contribution is -1.72. The van der Waals surface area contributed by atoms with Crippen LogP contribution in [0.25, 0.3) is 0 Å². The van der Waals surface area contributed by atoms with Gasteiger partial charge >= 0.3 is 0 Å². The van der Waals surface area contributed by atoms with Gasteiger partial charge in [0.15, 0.2) is 0 Å². The Balaban J connectivity index is 2.86. The Hall–Kier alpha value is -0.520. The average Bonchev–Trinajstić information content (AvgIpc) is 1.61. The highest BCUT2D eigenvalue weighted by Crippen LogP contribution is 1.72. The minimum absolute atomic E-state index is 0.157. The zero-order valence-corrected chi connectivity index (χ0v) is 3.52. The highest BCUT2D eigenvalue weighted by atomic mass is 16.2. The summed E-state index contributed by atoms with van der Waals surface area (Å²) in [5.41, 5.74) is 2.28. The number of aliphatic hydroxyl groups excluding tert-OH is 1. The standard InChI is InChI=1S/C5H7O/c1-2-3-4-5-6/h1,3,6H,4-5H2. The van der Waals surface area contributed by atoms with Crippen LogP contribution in [0, 0.1) is 6.58 Å². The molecule has 0 saturated carbocycles. The first kappa shape index (κ1) is 5.48. The van der Waals surface area contributed by atoms with Gasteiger partial charge in [0.1, 0.15) is 0 Å². The van der Waals surface area contributed by atoms with Gasteiger partial charge in [-0.2, -0.15) is 0 Å². The van der Waals surface area contributed by atoms with Crippen molar-refractivity contribution in [2.75, 3.05) is 6.61 Å². The van der Waals surface area contributed by atoms with Crippen LogP contribution < -0.4 is 0 Å². The van der Waals surface area contributed by atoms with E-state index < -0.39 is 0 Å². The van der Waals surface area contributed by atoms with E-state index >= 15 is 0 Å². The van der Waals surface area contributed by atoms with Crippen molar-refractivity contribution in [2.24, 2.45) is 0 Å². The van der Waals surface area contributed by atoms with E-state index in [0.717, 1.165) is 0 Å². The van der Waals surface area contributed by atoms with Crippen molar-refractivity contribution in [3.05, 3.63) is 18.4 Å². The summed E-state index contributed by atoms with van der Waals surface area (Å²) in [7, 11) is 0. The molecular formula is C5H7O. The molecular weight excluding hydrogens is 76.1 g/mol. The maximum absolute atomic E-state index is 8.07. The Morgan fingerprint density at radius 3 is 2.67 bits per heavy atom. The highest BCUT2D eigenvalue weighted by molar-refractivity contribution is 4.71. The fourth-order valence-electron chi connectivity index (χ4n) is 0.148. The largest absolute Gasteiger partial charge is 0.396 e. The molecule has 0 aromatic heterocycles. The van der Waals surface area contributed by atoms with E-state index in [2.05, 4.69) is 5.73 Å². The van der Waals surface area contributed by atoms with Gasteiger partial charge in [0.05, 0.1) is 0 Å². The Morgan fingerprint density at radius 2 is 2.50 bits per heavy atom. The molecule has 33 valence electrons. The molecule has 0 atom stereocenters. The quantitative estimate of drug-likeness (QED) is 0.482. The van der Waals surface area contributed by atoms with Crippen molar-refractivity contribution in [3.8, 4) is 0 Å². The molecule has 1 N–H and O–H groups in total. The fraction of sp³-hybridized carbons (Fsp3) is 0.400. The summed E-state index contributed by atoms with van der Waals surface area (Å²) in [5.74, 6) is 0. The maximum atomic E-state index is 8.07. The zero-order chi connectivity index (χ0) is 4.83. The fourth-order valence-corrected chi connectivity index (χ4v) is 0.148. The van der Waals surface area contributed by atoms with Gasteiger partial charge in [-0.1, -0.05) is 0 Å². The Bertz CT molecular complexity index is 60.3. The summed E-state index contributed by atoms with van der Waals surface area (Å²) in [4.78, 5) is 0. The second-order valence-electron chi connectivity index (χ2n) is 0.883. The van der Waals surface area contributed by atoms with Crippen LogP contribution >= 0.6 is 0 Å². The second kappa shape index (κ2) is 4.48. The van der Waals surface area contributed by atoms with Crippen molar-refractivity contribution in [3.63, 3.8) is 0 Å². The molecule has 0 unspecified atom stereocenters. The molecule has 0 fully saturated rings. The third-order valence-corrected chi connectivity index (χ3v) is 0.391. The van der Waals surface area contributed by atoms with Gasteiger partial charge in [-0.25, -0.2) is 0 Å². The van der Waals surface area contributed by atoms with Crippen molar-refractivity contribution >= 4 is 0 Å². The summed E-state index contributed by atoms with van der Waals surface area (Å²) >= 11 is 0. The molecule has 1 nitrogen and oxygen atoms in total. The first-order chi connectivity index (χ1) is 2.91. The first-order valence-electron chi connectivity index (χ1n) is 1.80. The number of rotatable bonds is 2. The smallest absolute Gasteiger partial charge is 0.0471 e. The molecule has 0 bridgehead atoms. The molecule has 0 amide bonds. The van der Waals surface area contributed by atoms with E-state index in [9.17, 15) is 0 Å². The van der Waals surface area contributed by atoms with Crippen LogP contribution in [-0.2, 0) is 0 Å². The van der Waals surface area contributed by atoms with Crippen LogP contribution in [0.5, 0.6) is 0 Å². The van der Waals surface area contributed by atoms with Gasteiger partial charge < -0.3 is 5.11 Å². The van der Waals surface area contributed by atoms with Crippen molar-refractivity contribution in [2.45, 2.75) is 6.42 Å². The van der Waals surface area contributed by atoms with Gasteiger partial charge in [-0.05, 0) is 19.1 Å². The predicted octanol–water partition coefficient (Wildman–Crippen LogP) is 0.513. The molecule has 6 heavy (non-hydrogen) atoms. The molecule has 0 saturated heterocycles. The lowest BCUT2D eigenvalue weighted by Gasteiger charge is -1.73. The molecule has 0 aliphatic heterocycles. The molecule has 0 rings (SSSR count). The van der Waals surface area contributed by atoms with Gasteiger partial charge in [0, 0.05) is 6.61 Å². The zero-order valence-electron chi connectivity index (χ0n) is 3.52. The third-order valence-electron chi connectivity index (χ3n) is 0.391. The van der Waals surface area contributed by atoms with E-state index in [1.807, 2.05) is 0 Å². The van der Waals surface area contributed by atoms with Gasteiger partial charge in [-0.3, -0.25) is 0 Å². The maximum Gasteiger partial charge on any atom is 0.0471 e. The average molecular weight is 83.1 g/mol. The number of hydrogen-bond acceptors (Lipinski definition) is 1. The Morgan fingerprint density at radius 1 is 1.83 bits per heavy atom. The van der Waals surface area contributed by atoms with Crippen molar-refractivity contribution in [1.29, 1.82) is 0 Å². The normalized spacial score (nSPS) is 6.83. The van der Waals surface area contributed by atoms with Crippen LogP contribution in [0.4, 0.5) is 0 Å². The van der Waals surface area contributed by atoms with E-state index in [0.29, 0.717) is 6.42 Å². The van der Waals surface area contributed by atoms with Crippen LogP contribution in [0.3, 0.4) is 0 Å². The number of hydrogen-bond donors (Lipinski definition) is 1. The third kappa shape index (κ3) is 3.48. The monoisotopic (exact) mass is 83.0 g/mol. The predicted molar refractivity (Wildman–Crippen MR) is 24.1 cm³/mol. The van der Waals surface area contributed by atoms with E-state index in [4.69, 9.17) is 11.7 Å². The SMILES string of the molecule is [CH]=C=CCCO. The topological polar surface area (TPSA) is 20.2 Å². The van der Waals surface area contributed by atoms with Gasteiger partial charge in [-0.15, -0.1) is 5.73 Å². The second-order valence-corrected chi connectivity index (χ2v) is 0.883. The molecule has 0 aromatic rings. The molecule has 0 aliphatic carbocycles. The minimum Gasteiger partial charge on any atom is -0.396 e. The Labute approximate surface area is 37.6 Å². The summed E-state index contributed by atoms with van der Waals surface area (Å²) in [6.45, 7) is 4.95. The van der Waals surface area contributed by atoms with Crippen LogP contribution in [0.2, 0.25) is 0 Å². The summed E-state index contributed by atoms with van der Waals surface area (Å²) in [6.07, 6.45) is 2.19. The first-order valence-corrected chi connectivity index (χ1v) is 1.80. The molecule has 0 aliphatic rings. The van der Waals surface area contributed by atoms with Crippen molar-refractivity contribution in [1.82, 2.24) is 0 Å². The lowest BCUT2D eigenvalue weighted by molar-refractivity contribution is 0.302. The van der Waals surface area contributed by atoms with E-state index in [1.54, 1.807) is 6.08 Å². The van der Waals surface area contributed by atoms with Crippen molar-refractivity contribution < 1.29 is 5.11 Å².